The average molecular weight is 324 g/mol. The number of aromatic nitrogens is 1. The Morgan fingerprint density at radius 3 is 3.18 bits per heavy atom. The van der Waals surface area contributed by atoms with Gasteiger partial charge in [-0.05, 0) is 40.2 Å². The number of rotatable bonds is 4. The van der Waals surface area contributed by atoms with Gasteiger partial charge in [0.1, 0.15) is 16.5 Å². The molecule has 1 aromatic heterocycles. The molecule has 2 atom stereocenters. The minimum absolute atomic E-state index is 0.0334. The summed E-state index contributed by atoms with van der Waals surface area (Å²) in [6.07, 6.45) is 2.54. The third kappa shape index (κ3) is 2.92. The van der Waals surface area contributed by atoms with Gasteiger partial charge in [0.15, 0.2) is 0 Å². The van der Waals surface area contributed by atoms with Crippen LogP contribution in [0, 0.1) is 0 Å². The Morgan fingerprint density at radius 2 is 2.41 bits per heavy atom. The number of hydrogen-bond acceptors (Lipinski definition) is 6. The third-order valence-corrected chi connectivity index (χ3v) is 5.55. The van der Waals surface area contributed by atoms with E-state index in [1.54, 1.807) is 11.3 Å². The lowest BCUT2D eigenvalue weighted by atomic mass is 9.90. The monoisotopic (exact) mass is 324 g/mol. The van der Waals surface area contributed by atoms with Crippen LogP contribution in [0.4, 0.5) is 0 Å². The summed E-state index contributed by atoms with van der Waals surface area (Å²) in [5.41, 5.74) is 0.0633. The van der Waals surface area contributed by atoms with Gasteiger partial charge in [0.05, 0.1) is 18.9 Å². The molecule has 3 rings (SSSR count). The van der Waals surface area contributed by atoms with Gasteiger partial charge in [-0.15, -0.1) is 11.3 Å². The minimum atomic E-state index is -0.713. The summed E-state index contributed by atoms with van der Waals surface area (Å²) >= 11 is 1.58. The highest BCUT2D eigenvalue weighted by molar-refractivity contribution is 7.09. The lowest BCUT2D eigenvalue weighted by Crippen LogP contribution is -2.42. The van der Waals surface area contributed by atoms with Crippen molar-refractivity contribution < 1.29 is 14.3 Å². The first-order chi connectivity index (χ1) is 10.5. The van der Waals surface area contributed by atoms with Gasteiger partial charge in [0.25, 0.3) is 0 Å². The van der Waals surface area contributed by atoms with Crippen LogP contribution in [-0.2, 0) is 19.7 Å². The van der Waals surface area contributed by atoms with Crippen molar-refractivity contribution in [3.05, 3.63) is 16.1 Å². The SMILES string of the molecule is CCOC(=O)C(C)(C)c1csc(C2CN3CCCC3CO2)n1. The number of ether oxygens (including phenoxy) is 2. The number of hydrogen-bond donors (Lipinski definition) is 0. The van der Waals surface area contributed by atoms with E-state index in [1.165, 1.54) is 12.8 Å². The quantitative estimate of drug-likeness (QED) is 0.797. The first-order valence-electron chi connectivity index (χ1n) is 8.01. The van der Waals surface area contributed by atoms with Crippen LogP contribution in [0.15, 0.2) is 5.38 Å². The molecule has 0 aromatic carbocycles. The van der Waals surface area contributed by atoms with Crippen LogP contribution in [-0.4, -0.2) is 48.2 Å². The molecular formula is C16H24N2O3S. The topological polar surface area (TPSA) is 51.7 Å². The van der Waals surface area contributed by atoms with Gasteiger partial charge in [-0.3, -0.25) is 9.69 Å². The van der Waals surface area contributed by atoms with Gasteiger partial charge in [-0.25, -0.2) is 4.98 Å². The number of fused-ring (bicyclic) bond motifs is 1. The van der Waals surface area contributed by atoms with E-state index in [9.17, 15) is 4.79 Å². The smallest absolute Gasteiger partial charge is 0.317 e. The Kier molecular flexibility index (Phi) is 4.52. The highest BCUT2D eigenvalue weighted by Gasteiger charge is 2.37. The van der Waals surface area contributed by atoms with E-state index < -0.39 is 5.41 Å². The van der Waals surface area contributed by atoms with Gasteiger partial charge >= 0.3 is 5.97 Å². The van der Waals surface area contributed by atoms with Crippen molar-refractivity contribution >= 4 is 17.3 Å². The van der Waals surface area contributed by atoms with Gasteiger partial charge < -0.3 is 9.47 Å². The zero-order chi connectivity index (χ0) is 15.7. The Bertz CT molecular complexity index is 543. The average Bonchev–Trinajstić information content (AvgIpc) is 3.16. The highest BCUT2D eigenvalue weighted by Crippen LogP contribution is 2.34. The summed E-state index contributed by atoms with van der Waals surface area (Å²) < 4.78 is 11.2. The first kappa shape index (κ1) is 15.9. The summed E-state index contributed by atoms with van der Waals surface area (Å²) in [4.78, 5) is 19.3. The van der Waals surface area contributed by atoms with Crippen molar-refractivity contribution in [2.75, 3.05) is 26.3 Å². The van der Waals surface area contributed by atoms with Gasteiger partial charge in [-0.1, -0.05) is 0 Å². The maximum atomic E-state index is 12.1. The van der Waals surface area contributed by atoms with Crippen LogP contribution in [0.25, 0.3) is 0 Å². The van der Waals surface area contributed by atoms with E-state index in [4.69, 9.17) is 9.47 Å². The maximum absolute atomic E-state index is 12.1. The molecule has 0 amide bonds. The Hall–Kier alpha value is -0.980. The molecule has 5 nitrogen and oxygen atoms in total. The molecule has 2 unspecified atom stereocenters. The van der Waals surface area contributed by atoms with E-state index in [0.717, 1.165) is 30.4 Å². The molecular weight excluding hydrogens is 300 g/mol. The number of thiazole rings is 1. The zero-order valence-electron chi connectivity index (χ0n) is 13.5. The van der Waals surface area contributed by atoms with Crippen molar-refractivity contribution in [1.29, 1.82) is 0 Å². The lowest BCUT2D eigenvalue weighted by Gasteiger charge is -2.34. The Morgan fingerprint density at radius 1 is 1.59 bits per heavy atom. The standard InChI is InChI=1S/C16H24N2O3S/c1-4-20-15(19)16(2,3)13-10-22-14(17-13)12-8-18-7-5-6-11(18)9-21-12/h10-12H,4-9H2,1-3H3. The van der Waals surface area contributed by atoms with E-state index in [-0.39, 0.29) is 12.1 Å². The molecule has 0 saturated carbocycles. The fourth-order valence-electron chi connectivity index (χ4n) is 3.11. The van der Waals surface area contributed by atoms with Crippen LogP contribution < -0.4 is 0 Å². The molecule has 2 saturated heterocycles. The van der Waals surface area contributed by atoms with Crippen LogP contribution in [0.1, 0.15) is 50.4 Å². The Balaban J connectivity index is 1.72. The molecule has 3 heterocycles. The summed E-state index contributed by atoms with van der Waals surface area (Å²) in [7, 11) is 0. The number of carbonyl (C=O) groups is 1. The molecule has 0 bridgehead atoms. The number of nitrogens with zero attached hydrogens (tertiary/aromatic N) is 2. The number of esters is 1. The molecule has 0 radical (unpaired) electrons. The van der Waals surface area contributed by atoms with Crippen molar-refractivity contribution in [2.45, 2.75) is 51.2 Å². The molecule has 0 aliphatic carbocycles. The molecule has 2 aliphatic heterocycles. The van der Waals surface area contributed by atoms with E-state index in [2.05, 4.69) is 9.88 Å². The molecule has 6 heteroatoms. The molecule has 22 heavy (non-hydrogen) atoms. The number of morpholine rings is 1. The summed E-state index contributed by atoms with van der Waals surface area (Å²) in [6.45, 7) is 8.81. The second-order valence-electron chi connectivity index (χ2n) is 6.53. The molecule has 0 N–H and O–H groups in total. The predicted octanol–water partition coefficient (Wildman–Crippen LogP) is 2.52. The summed E-state index contributed by atoms with van der Waals surface area (Å²) in [5, 5.41) is 2.93. The normalized spacial score (nSPS) is 26.0. The second-order valence-corrected chi connectivity index (χ2v) is 7.42. The van der Waals surface area contributed by atoms with Crippen molar-refractivity contribution in [3.8, 4) is 0 Å². The van der Waals surface area contributed by atoms with Gasteiger partial charge in [0.2, 0.25) is 0 Å². The highest BCUT2D eigenvalue weighted by atomic mass is 32.1. The lowest BCUT2D eigenvalue weighted by molar-refractivity contribution is -0.148. The van der Waals surface area contributed by atoms with Crippen LogP contribution in [0.3, 0.4) is 0 Å². The fraction of sp³-hybridized carbons (Fsp3) is 0.750. The largest absolute Gasteiger partial charge is 0.465 e. The first-order valence-corrected chi connectivity index (χ1v) is 8.89. The number of carbonyl (C=O) groups excluding carboxylic acids is 1. The van der Waals surface area contributed by atoms with Crippen molar-refractivity contribution in [3.63, 3.8) is 0 Å². The second kappa shape index (κ2) is 6.26. The minimum Gasteiger partial charge on any atom is -0.465 e. The molecule has 2 aliphatic rings. The van der Waals surface area contributed by atoms with Crippen LogP contribution >= 0.6 is 11.3 Å². The van der Waals surface area contributed by atoms with E-state index >= 15 is 0 Å². The van der Waals surface area contributed by atoms with E-state index in [1.807, 2.05) is 26.2 Å². The zero-order valence-corrected chi connectivity index (χ0v) is 14.3. The van der Waals surface area contributed by atoms with Gasteiger partial charge in [0, 0.05) is 18.0 Å². The predicted molar refractivity (Wildman–Crippen MR) is 85.1 cm³/mol. The Labute approximate surface area is 135 Å². The molecule has 122 valence electrons. The van der Waals surface area contributed by atoms with Crippen LogP contribution in [0.2, 0.25) is 0 Å². The van der Waals surface area contributed by atoms with Crippen LogP contribution in [0.5, 0.6) is 0 Å². The molecule has 0 spiro atoms. The summed E-state index contributed by atoms with van der Waals surface area (Å²) in [6, 6.07) is 0.589. The van der Waals surface area contributed by atoms with Gasteiger partial charge in [-0.2, -0.15) is 0 Å². The van der Waals surface area contributed by atoms with Crippen molar-refractivity contribution in [1.82, 2.24) is 9.88 Å². The summed E-state index contributed by atoms with van der Waals surface area (Å²) in [5.74, 6) is -0.226. The van der Waals surface area contributed by atoms with Crippen molar-refractivity contribution in [2.24, 2.45) is 0 Å². The maximum Gasteiger partial charge on any atom is 0.317 e. The molecule has 1 aromatic rings. The third-order valence-electron chi connectivity index (χ3n) is 4.61. The fourth-order valence-corrected chi connectivity index (χ4v) is 4.13. The van der Waals surface area contributed by atoms with E-state index in [0.29, 0.717) is 12.6 Å². The molecule has 2 fully saturated rings.